The van der Waals surface area contributed by atoms with Crippen molar-refractivity contribution in [1.82, 2.24) is 20.4 Å². The van der Waals surface area contributed by atoms with Crippen LogP contribution in [-0.4, -0.2) is 40.7 Å². The van der Waals surface area contributed by atoms with Gasteiger partial charge in [0.05, 0.1) is 25.8 Å². The SMILES string of the molecule is COC(=O)CCn1cc(C=C2C(=O)NC(=O)NC2=O)c(-c2ccccc2)n1. The Hall–Kier alpha value is -3.75. The highest BCUT2D eigenvalue weighted by Crippen LogP contribution is 2.24. The Morgan fingerprint density at radius 2 is 1.81 bits per heavy atom. The lowest BCUT2D eigenvalue weighted by Crippen LogP contribution is -2.51. The lowest BCUT2D eigenvalue weighted by molar-refractivity contribution is -0.141. The second kappa shape index (κ2) is 7.65. The largest absolute Gasteiger partial charge is 0.469 e. The highest BCUT2D eigenvalue weighted by atomic mass is 16.5. The Balaban J connectivity index is 1.99. The van der Waals surface area contributed by atoms with Crippen molar-refractivity contribution in [2.45, 2.75) is 13.0 Å². The van der Waals surface area contributed by atoms with Crippen LogP contribution in [0.5, 0.6) is 0 Å². The van der Waals surface area contributed by atoms with Gasteiger partial charge in [-0.15, -0.1) is 0 Å². The number of barbiturate groups is 1. The number of esters is 1. The van der Waals surface area contributed by atoms with E-state index >= 15 is 0 Å². The molecule has 1 fully saturated rings. The van der Waals surface area contributed by atoms with Gasteiger partial charge in [0.25, 0.3) is 11.8 Å². The third-order valence-corrected chi connectivity index (χ3v) is 3.85. The molecule has 0 saturated carbocycles. The lowest BCUT2D eigenvalue weighted by atomic mass is 10.0. The summed E-state index contributed by atoms with van der Waals surface area (Å²) in [6, 6.07) is 8.32. The van der Waals surface area contributed by atoms with Crippen LogP contribution in [0.3, 0.4) is 0 Å². The average Bonchev–Trinajstić information content (AvgIpc) is 3.06. The molecule has 1 aliphatic heterocycles. The van der Waals surface area contributed by atoms with Crippen molar-refractivity contribution in [2.24, 2.45) is 0 Å². The first-order chi connectivity index (χ1) is 13.0. The zero-order valence-corrected chi connectivity index (χ0v) is 14.4. The van der Waals surface area contributed by atoms with Gasteiger partial charge in [-0.05, 0) is 6.08 Å². The Kier molecular flexibility index (Phi) is 5.11. The molecule has 0 unspecified atom stereocenters. The van der Waals surface area contributed by atoms with Gasteiger partial charge in [-0.2, -0.15) is 5.10 Å². The van der Waals surface area contributed by atoms with Gasteiger partial charge >= 0.3 is 12.0 Å². The van der Waals surface area contributed by atoms with Crippen molar-refractivity contribution in [1.29, 1.82) is 0 Å². The fraction of sp³-hybridized carbons (Fsp3) is 0.167. The van der Waals surface area contributed by atoms with Crippen LogP contribution in [0, 0.1) is 0 Å². The molecule has 2 aromatic rings. The van der Waals surface area contributed by atoms with E-state index in [0.717, 1.165) is 5.56 Å². The molecule has 2 heterocycles. The predicted molar refractivity (Wildman–Crippen MR) is 94.0 cm³/mol. The number of carbonyl (C=O) groups excluding carboxylic acids is 4. The molecule has 0 atom stereocenters. The van der Waals surface area contributed by atoms with Crippen molar-refractivity contribution in [3.8, 4) is 11.3 Å². The van der Waals surface area contributed by atoms with E-state index in [1.165, 1.54) is 17.9 Å². The molecular weight excluding hydrogens is 352 g/mol. The standard InChI is InChI=1S/C18H16N4O5/c1-27-14(23)7-8-22-10-12(15(21-22)11-5-3-2-4-6-11)9-13-16(24)19-18(26)20-17(13)25/h2-6,9-10H,7-8H2,1H3,(H2,19,20,24,25,26). The molecule has 1 aromatic carbocycles. The Bertz CT molecular complexity index is 924. The van der Waals surface area contributed by atoms with Gasteiger partial charge in [-0.1, -0.05) is 30.3 Å². The van der Waals surface area contributed by atoms with E-state index in [9.17, 15) is 19.2 Å². The van der Waals surface area contributed by atoms with Gasteiger partial charge in [0.15, 0.2) is 0 Å². The van der Waals surface area contributed by atoms with Crippen molar-refractivity contribution in [2.75, 3.05) is 7.11 Å². The zero-order valence-electron chi connectivity index (χ0n) is 14.4. The molecule has 1 aliphatic rings. The van der Waals surface area contributed by atoms with Gasteiger partial charge in [-0.3, -0.25) is 29.7 Å². The minimum absolute atomic E-state index is 0.123. The summed E-state index contributed by atoms with van der Waals surface area (Å²) >= 11 is 0. The third-order valence-electron chi connectivity index (χ3n) is 3.85. The predicted octanol–water partition coefficient (Wildman–Crippen LogP) is 0.863. The maximum absolute atomic E-state index is 12.0. The fourth-order valence-corrected chi connectivity index (χ4v) is 2.55. The molecule has 1 aromatic heterocycles. The number of nitrogens with zero attached hydrogens (tertiary/aromatic N) is 2. The van der Waals surface area contributed by atoms with Crippen molar-refractivity contribution in [3.63, 3.8) is 0 Å². The van der Waals surface area contributed by atoms with E-state index in [1.807, 2.05) is 41.0 Å². The first-order valence-corrected chi connectivity index (χ1v) is 8.06. The van der Waals surface area contributed by atoms with E-state index in [1.54, 1.807) is 6.20 Å². The summed E-state index contributed by atoms with van der Waals surface area (Å²) in [5.41, 5.74) is 1.60. The second-order valence-electron chi connectivity index (χ2n) is 5.68. The molecule has 4 amide bonds. The molecule has 138 valence electrons. The summed E-state index contributed by atoms with van der Waals surface area (Å²) in [4.78, 5) is 46.5. The van der Waals surface area contributed by atoms with Gasteiger partial charge in [0, 0.05) is 17.3 Å². The normalized spacial score (nSPS) is 13.8. The highest BCUT2D eigenvalue weighted by molar-refractivity contribution is 6.31. The summed E-state index contributed by atoms with van der Waals surface area (Å²) in [6.45, 7) is 0.270. The second-order valence-corrected chi connectivity index (χ2v) is 5.68. The molecule has 0 bridgehead atoms. The van der Waals surface area contributed by atoms with Gasteiger partial charge in [0.1, 0.15) is 5.57 Å². The average molecular weight is 368 g/mol. The van der Waals surface area contributed by atoms with E-state index in [0.29, 0.717) is 11.3 Å². The number of ether oxygens (including phenoxy) is 1. The first kappa shape index (κ1) is 18.1. The summed E-state index contributed by atoms with van der Waals surface area (Å²) in [5, 5.41) is 8.51. The topological polar surface area (TPSA) is 119 Å². The zero-order chi connectivity index (χ0) is 19.4. The molecule has 0 radical (unpaired) electrons. The van der Waals surface area contributed by atoms with Crippen LogP contribution in [0.4, 0.5) is 4.79 Å². The molecule has 2 N–H and O–H groups in total. The maximum Gasteiger partial charge on any atom is 0.328 e. The molecular formula is C18H16N4O5. The van der Waals surface area contributed by atoms with E-state index in [4.69, 9.17) is 0 Å². The summed E-state index contributed by atoms with van der Waals surface area (Å²) < 4.78 is 6.16. The number of urea groups is 1. The van der Waals surface area contributed by atoms with Crippen LogP contribution >= 0.6 is 0 Å². The van der Waals surface area contributed by atoms with Crippen molar-refractivity contribution < 1.29 is 23.9 Å². The van der Waals surface area contributed by atoms with Gasteiger partial charge in [0.2, 0.25) is 0 Å². The van der Waals surface area contributed by atoms with Gasteiger partial charge < -0.3 is 4.74 Å². The van der Waals surface area contributed by atoms with Crippen molar-refractivity contribution in [3.05, 3.63) is 47.7 Å². The van der Waals surface area contributed by atoms with Crippen LogP contribution < -0.4 is 10.6 Å². The Morgan fingerprint density at radius 1 is 1.15 bits per heavy atom. The number of hydrogen-bond donors (Lipinski definition) is 2. The number of hydrogen-bond acceptors (Lipinski definition) is 6. The molecule has 27 heavy (non-hydrogen) atoms. The van der Waals surface area contributed by atoms with Crippen LogP contribution in [0.15, 0.2) is 42.1 Å². The maximum atomic E-state index is 12.0. The smallest absolute Gasteiger partial charge is 0.328 e. The van der Waals surface area contributed by atoms with Crippen LogP contribution in [0.2, 0.25) is 0 Å². The van der Waals surface area contributed by atoms with Crippen molar-refractivity contribution >= 4 is 29.9 Å². The molecule has 3 rings (SSSR count). The van der Waals surface area contributed by atoms with E-state index in [-0.39, 0.29) is 24.5 Å². The molecule has 0 spiro atoms. The van der Waals surface area contributed by atoms with Crippen LogP contribution in [0.25, 0.3) is 17.3 Å². The number of imide groups is 2. The first-order valence-electron chi connectivity index (χ1n) is 8.06. The number of aryl methyl sites for hydroxylation is 1. The molecule has 9 heteroatoms. The van der Waals surface area contributed by atoms with Crippen LogP contribution in [-0.2, 0) is 25.7 Å². The lowest BCUT2D eigenvalue weighted by Gasteiger charge is -2.13. The minimum Gasteiger partial charge on any atom is -0.469 e. The molecule has 1 saturated heterocycles. The quantitative estimate of drug-likeness (QED) is 0.459. The Morgan fingerprint density at radius 3 is 2.44 bits per heavy atom. The third kappa shape index (κ3) is 4.09. The summed E-state index contributed by atoms with van der Waals surface area (Å²) in [6.07, 6.45) is 3.11. The minimum atomic E-state index is -0.862. The summed E-state index contributed by atoms with van der Waals surface area (Å²) in [5.74, 6) is -1.95. The monoisotopic (exact) mass is 368 g/mol. The molecule has 9 nitrogen and oxygen atoms in total. The van der Waals surface area contributed by atoms with E-state index < -0.39 is 17.8 Å². The van der Waals surface area contributed by atoms with Crippen LogP contribution in [0.1, 0.15) is 12.0 Å². The number of amides is 4. The highest BCUT2D eigenvalue weighted by Gasteiger charge is 2.28. The van der Waals surface area contributed by atoms with Gasteiger partial charge in [-0.25, -0.2) is 4.79 Å². The Labute approximate surface area is 154 Å². The number of nitrogens with one attached hydrogen (secondary N) is 2. The number of methoxy groups -OCH3 is 1. The number of rotatable bonds is 5. The molecule has 0 aliphatic carbocycles. The fourth-order valence-electron chi connectivity index (χ4n) is 2.55. The number of benzene rings is 1. The number of carbonyl (C=O) groups is 4. The number of aromatic nitrogens is 2. The van der Waals surface area contributed by atoms with E-state index in [2.05, 4.69) is 9.84 Å². The summed E-state index contributed by atoms with van der Waals surface area (Å²) in [7, 11) is 1.30.